The van der Waals surface area contributed by atoms with Gasteiger partial charge in [-0.25, -0.2) is 0 Å². The minimum absolute atomic E-state index is 0.119. The number of carbonyl (C=O) groups is 1. The first kappa shape index (κ1) is 16.0. The van der Waals surface area contributed by atoms with E-state index in [1.165, 1.54) is 0 Å². The van der Waals surface area contributed by atoms with Crippen molar-refractivity contribution in [2.75, 3.05) is 23.8 Å². The van der Waals surface area contributed by atoms with E-state index >= 15 is 0 Å². The quantitative estimate of drug-likeness (QED) is 0.820. The number of rotatable bonds is 5. The van der Waals surface area contributed by atoms with Crippen LogP contribution >= 0.6 is 15.9 Å². The van der Waals surface area contributed by atoms with Gasteiger partial charge in [-0.15, -0.1) is 0 Å². The molecule has 0 aliphatic carbocycles. The van der Waals surface area contributed by atoms with E-state index in [1.807, 2.05) is 36.4 Å². The molecule has 4 nitrogen and oxygen atoms in total. The Morgan fingerprint density at radius 3 is 2.65 bits per heavy atom. The monoisotopic (exact) mass is 374 g/mol. The van der Waals surface area contributed by atoms with Crippen molar-refractivity contribution in [2.24, 2.45) is 0 Å². The van der Waals surface area contributed by atoms with Crippen LogP contribution in [-0.4, -0.2) is 25.2 Å². The van der Waals surface area contributed by atoms with E-state index in [9.17, 15) is 4.79 Å². The first-order valence-electron chi connectivity index (χ1n) is 7.73. The van der Waals surface area contributed by atoms with Crippen LogP contribution in [0, 0.1) is 0 Å². The van der Waals surface area contributed by atoms with E-state index in [1.54, 1.807) is 12.1 Å². The van der Waals surface area contributed by atoms with Crippen LogP contribution in [0.4, 0.5) is 11.4 Å². The molecule has 5 heteroatoms. The molecule has 1 atom stereocenters. The Morgan fingerprint density at radius 2 is 1.96 bits per heavy atom. The van der Waals surface area contributed by atoms with Crippen LogP contribution < -0.4 is 10.6 Å². The molecule has 1 aliphatic heterocycles. The lowest BCUT2D eigenvalue weighted by Crippen LogP contribution is -2.18. The first-order valence-corrected chi connectivity index (χ1v) is 8.52. The second-order valence-corrected chi connectivity index (χ2v) is 6.47. The molecular formula is C18H19BrN2O2. The molecule has 2 aromatic rings. The second-order valence-electron chi connectivity index (χ2n) is 5.56. The molecule has 1 unspecified atom stereocenters. The van der Waals surface area contributed by atoms with E-state index in [0.29, 0.717) is 11.7 Å². The molecule has 2 aromatic carbocycles. The summed E-state index contributed by atoms with van der Waals surface area (Å²) in [6.07, 6.45) is 2.58. The van der Waals surface area contributed by atoms with Gasteiger partial charge in [0.2, 0.25) is 0 Å². The number of halogens is 1. The van der Waals surface area contributed by atoms with Crippen molar-refractivity contribution < 1.29 is 9.53 Å². The van der Waals surface area contributed by atoms with Crippen LogP contribution in [0.15, 0.2) is 53.0 Å². The van der Waals surface area contributed by atoms with E-state index in [0.717, 1.165) is 41.8 Å². The summed E-state index contributed by atoms with van der Waals surface area (Å²) in [6, 6.07) is 15.0. The Kier molecular flexibility index (Phi) is 5.31. The second kappa shape index (κ2) is 7.62. The smallest absolute Gasteiger partial charge is 0.255 e. The Balaban J connectivity index is 1.55. The summed E-state index contributed by atoms with van der Waals surface area (Å²) in [6.45, 7) is 1.69. The van der Waals surface area contributed by atoms with Gasteiger partial charge in [0.05, 0.1) is 6.10 Å². The predicted octanol–water partition coefficient (Wildman–Crippen LogP) is 4.29. The summed E-state index contributed by atoms with van der Waals surface area (Å²) in [5, 5.41) is 6.26. The number of amides is 1. The average Bonchev–Trinajstić information content (AvgIpc) is 3.08. The van der Waals surface area contributed by atoms with Crippen molar-refractivity contribution in [3.05, 3.63) is 58.6 Å². The first-order chi connectivity index (χ1) is 11.2. The molecule has 1 aliphatic rings. The number of hydrogen-bond donors (Lipinski definition) is 2. The van der Waals surface area contributed by atoms with Gasteiger partial charge in [-0.2, -0.15) is 0 Å². The maximum atomic E-state index is 12.2. The van der Waals surface area contributed by atoms with E-state index in [-0.39, 0.29) is 5.91 Å². The molecule has 0 spiro atoms. The Morgan fingerprint density at radius 1 is 1.17 bits per heavy atom. The number of nitrogens with one attached hydrogen (secondary N) is 2. The third kappa shape index (κ3) is 4.56. The lowest BCUT2D eigenvalue weighted by Gasteiger charge is -2.12. The van der Waals surface area contributed by atoms with E-state index < -0.39 is 0 Å². The Labute approximate surface area is 144 Å². The Hall–Kier alpha value is -1.85. The molecule has 0 aromatic heterocycles. The molecule has 0 saturated carbocycles. The summed E-state index contributed by atoms with van der Waals surface area (Å²) in [5.41, 5.74) is 2.43. The van der Waals surface area contributed by atoms with Gasteiger partial charge in [0, 0.05) is 34.6 Å². The van der Waals surface area contributed by atoms with Crippen molar-refractivity contribution in [3.63, 3.8) is 0 Å². The maximum absolute atomic E-state index is 12.2. The number of benzene rings is 2. The molecule has 2 N–H and O–H groups in total. The van der Waals surface area contributed by atoms with Gasteiger partial charge in [0.25, 0.3) is 5.91 Å². The van der Waals surface area contributed by atoms with Crippen LogP contribution in [-0.2, 0) is 4.74 Å². The van der Waals surface area contributed by atoms with Crippen LogP contribution in [0.5, 0.6) is 0 Å². The summed E-state index contributed by atoms with van der Waals surface area (Å²) in [4.78, 5) is 12.2. The average molecular weight is 375 g/mol. The van der Waals surface area contributed by atoms with E-state index in [4.69, 9.17) is 4.74 Å². The minimum Gasteiger partial charge on any atom is -0.382 e. The molecule has 120 valence electrons. The molecule has 0 bridgehead atoms. The normalized spacial score (nSPS) is 17.0. The van der Waals surface area contributed by atoms with Gasteiger partial charge >= 0.3 is 0 Å². The highest BCUT2D eigenvalue weighted by Gasteiger charge is 2.14. The predicted molar refractivity (Wildman–Crippen MR) is 96.0 cm³/mol. The van der Waals surface area contributed by atoms with E-state index in [2.05, 4.69) is 26.6 Å². The van der Waals surface area contributed by atoms with Crippen LogP contribution in [0.25, 0.3) is 0 Å². The van der Waals surface area contributed by atoms with Crippen molar-refractivity contribution in [1.82, 2.24) is 0 Å². The van der Waals surface area contributed by atoms with Gasteiger partial charge in [0.15, 0.2) is 0 Å². The largest absolute Gasteiger partial charge is 0.382 e. The number of hydrogen-bond acceptors (Lipinski definition) is 3. The highest BCUT2D eigenvalue weighted by molar-refractivity contribution is 9.10. The third-order valence-electron chi connectivity index (χ3n) is 3.79. The molecule has 1 amide bonds. The fraction of sp³-hybridized carbons (Fsp3) is 0.278. The summed E-state index contributed by atoms with van der Waals surface area (Å²) in [5.74, 6) is -0.119. The standard InChI is InChI=1S/C18H19BrN2O2/c19-14-4-1-3-13(11-14)18(22)21-16-8-6-15(7-9-16)20-12-17-5-2-10-23-17/h1,3-4,6-9,11,17,20H,2,5,10,12H2,(H,21,22). The van der Waals surface area contributed by atoms with Crippen molar-refractivity contribution in [3.8, 4) is 0 Å². The molecule has 3 rings (SSSR count). The van der Waals surface area contributed by atoms with Gasteiger partial charge in [0.1, 0.15) is 0 Å². The van der Waals surface area contributed by atoms with Crippen molar-refractivity contribution >= 4 is 33.2 Å². The topological polar surface area (TPSA) is 50.4 Å². The molecule has 1 saturated heterocycles. The molecule has 0 radical (unpaired) electrons. The van der Waals surface area contributed by atoms with Crippen LogP contribution in [0.3, 0.4) is 0 Å². The zero-order valence-corrected chi connectivity index (χ0v) is 14.3. The Bertz CT molecular complexity index is 667. The van der Waals surface area contributed by atoms with Crippen LogP contribution in [0.1, 0.15) is 23.2 Å². The lowest BCUT2D eigenvalue weighted by molar-refractivity contribution is 0.102. The van der Waals surface area contributed by atoms with Crippen molar-refractivity contribution in [1.29, 1.82) is 0 Å². The summed E-state index contributed by atoms with van der Waals surface area (Å²) < 4.78 is 6.47. The number of anilines is 2. The zero-order valence-electron chi connectivity index (χ0n) is 12.7. The maximum Gasteiger partial charge on any atom is 0.255 e. The number of carbonyl (C=O) groups excluding carboxylic acids is 1. The fourth-order valence-electron chi connectivity index (χ4n) is 2.54. The van der Waals surface area contributed by atoms with Gasteiger partial charge < -0.3 is 15.4 Å². The fourth-order valence-corrected chi connectivity index (χ4v) is 2.94. The SMILES string of the molecule is O=C(Nc1ccc(NCC2CCCO2)cc1)c1cccc(Br)c1. The third-order valence-corrected chi connectivity index (χ3v) is 4.28. The molecule has 23 heavy (non-hydrogen) atoms. The van der Waals surface area contributed by atoms with Crippen LogP contribution in [0.2, 0.25) is 0 Å². The zero-order chi connectivity index (χ0) is 16.1. The lowest BCUT2D eigenvalue weighted by atomic mass is 10.2. The molecular weight excluding hydrogens is 356 g/mol. The van der Waals surface area contributed by atoms with Gasteiger partial charge in [-0.3, -0.25) is 4.79 Å². The number of ether oxygens (including phenoxy) is 1. The van der Waals surface area contributed by atoms with Crippen molar-refractivity contribution in [2.45, 2.75) is 18.9 Å². The highest BCUT2D eigenvalue weighted by Crippen LogP contribution is 2.18. The van der Waals surface area contributed by atoms with Gasteiger partial charge in [-0.05, 0) is 55.3 Å². The molecule has 1 heterocycles. The highest BCUT2D eigenvalue weighted by atomic mass is 79.9. The summed E-state index contributed by atoms with van der Waals surface area (Å²) >= 11 is 3.37. The summed E-state index contributed by atoms with van der Waals surface area (Å²) in [7, 11) is 0. The minimum atomic E-state index is -0.119. The molecule has 1 fully saturated rings. The van der Waals surface area contributed by atoms with Gasteiger partial charge in [-0.1, -0.05) is 22.0 Å².